The minimum absolute atomic E-state index is 0.0806. The summed E-state index contributed by atoms with van der Waals surface area (Å²) < 4.78 is 0. The molecule has 44 heavy (non-hydrogen) atoms. The number of amides is 2. The minimum Gasteiger partial charge on any atom is -0.508 e. The topological polar surface area (TPSA) is 109 Å². The van der Waals surface area contributed by atoms with Crippen LogP contribution in [-0.2, 0) is 19.2 Å². The maximum Gasteiger partial charge on any atom is 0.238 e. The van der Waals surface area contributed by atoms with Crippen molar-refractivity contribution in [3.63, 3.8) is 0 Å². The molecule has 0 bridgehead atoms. The van der Waals surface area contributed by atoms with Crippen LogP contribution >= 0.6 is 11.6 Å². The van der Waals surface area contributed by atoms with Gasteiger partial charge in [0.25, 0.3) is 0 Å². The standard InChI is InChI=1S/C36H26ClNO6/c1-18-15-29(40)27-17-25-23(30(32(27)33(18)41)26-16-21(37)9-14-28(26)39)12-13-24-31(25)36(44)38(35(24)43)22-10-7-20(8-11-22)34(42)19-5-3-2-4-6-19/h2-12,14-16,24-25,30-31,39H,13,17H2,1H3/t24-,25+,30+,31-/m0/s1. The summed E-state index contributed by atoms with van der Waals surface area (Å²) in [5.74, 6) is -4.32. The molecule has 3 aromatic rings. The molecule has 0 spiro atoms. The van der Waals surface area contributed by atoms with Gasteiger partial charge < -0.3 is 5.11 Å². The van der Waals surface area contributed by atoms with E-state index < -0.39 is 29.6 Å². The molecule has 1 N–H and O–H groups in total. The highest BCUT2D eigenvalue weighted by Gasteiger charge is 2.56. The van der Waals surface area contributed by atoms with E-state index in [-0.39, 0.29) is 41.8 Å². The summed E-state index contributed by atoms with van der Waals surface area (Å²) >= 11 is 6.33. The normalized spacial score (nSPS) is 24.5. The highest BCUT2D eigenvalue weighted by atomic mass is 35.5. The molecule has 0 aromatic heterocycles. The van der Waals surface area contributed by atoms with Gasteiger partial charge in [-0.3, -0.25) is 28.9 Å². The number of ketones is 3. The predicted octanol–water partition coefficient (Wildman–Crippen LogP) is 5.91. The van der Waals surface area contributed by atoms with E-state index in [1.54, 1.807) is 61.5 Å². The number of benzene rings is 3. The number of hydrogen-bond acceptors (Lipinski definition) is 6. The lowest BCUT2D eigenvalue weighted by atomic mass is 9.59. The molecule has 3 aliphatic carbocycles. The number of rotatable bonds is 4. The van der Waals surface area contributed by atoms with Crippen molar-refractivity contribution in [2.45, 2.75) is 25.7 Å². The molecule has 4 aliphatic rings. The number of carbonyl (C=O) groups excluding carboxylic acids is 5. The fourth-order valence-corrected chi connectivity index (χ4v) is 7.43. The average Bonchev–Trinajstić information content (AvgIpc) is 3.29. The zero-order valence-electron chi connectivity index (χ0n) is 23.6. The second-order valence-corrected chi connectivity index (χ2v) is 12.1. The van der Waals surface area contributed by atoms with E-state index in [0.717, 1.165) is 5.57 Å². The van der Waals surface area contributed by atoms with Crippen molar-refractivity contribution in [1.82, 2.24) is 0 Å². The first-order valence-electron chi connectivity index (χ1n) is 14.4. The number of nitrogens with zero attached hydrogens (tertiary/aromatic N) is 1. The summed E-state index contributed by atoms with van der Waals surface area (Å²) in [7, 11) is 0. The summed E-state index contributed by atoms with van der Waals surface area (Å²) in [6, 6.07) is 19.8. The number of imide groups is 1. The Morgan fingerprint density at radius 3 is 2.32 bits per heavy atom. The van der Waals surface area contributed by atoms with E-state index in [1.807, 2.05) is 12.1 Å². The maximum absolute atomic E-state index is 14.1. The molecule has 0 radical (unpaired) electrons. The molecular formula is C36H26ClNO6. The van der Waals surface area contributed by atoms with Crippen LogP contribution in [0.2, 0.25) is 5.02 Å². The van der Waals surface area contributed by atoms with Crippen LogP contribution < -0.4 is 4.90 Å². The fourth-order valence-electron chi connectivity index (χ4n) is 7.25. The largest absolute Gasteiger partial charge is 0.508 e. The number of carbonyl (C=O) groups is 5. The number of Topliss-reactive ketones (excluding diaryl/α,β-unsaturated/α-hetero) is 1. The van der Waals surface area contributed by atoms with Crippen molar-refractivity contribution in [3.8, 4) is 5.75 Å². The molecule has 1 saturated heterocycles. The number of halogens is 1. The van der Waals surface area contributed by atoms with Gasteiger partial charge in [0.1, 0.15) is 5.75 Å². The van der Waals surface area contributed by atoms with Crippen molar-refractivity contribution in [3.05, 3.63) is 129 Å². The maximum atomic E-state index is 14.1. The van der Waals surface area contributed by atoms with Gasteiger partial charge in [-0.2, -0.15) is 0 Å². The van der Waals surface area contributed by atoms with Crippen molar-refractivity contribution in [2.75, 3.05) is 4.90 Å². The van der Waals surface area contributed by atoms with E-state index in [2.05, 4.69) is 0 Å². The summed E-state index contributed by atoms with van der Waals surface area (Å²) in [4.78, 5) is 68.8. The lowest BCUT2D eigenvalue weighted by Gasteiger charge is -2.42. The van der Waals surface area contributed by atoms with Crippen LogP contribution in [0.25, 0.3) is 0 Å². The zero-order chi connectivity index (χ0) is 30.9. The Morgan fingerprint density at radius 1 is 0.886 bits per heavy atom. The molecular weight excluding hydrogens is 578 g/mol. The molecule has 0 saturated carbocycles. The summed E-state index contributed by atoms with van der Waals surface area (Å²) in [5, 5.41) is 11.3. The lowest BCUT2D eigenvalue weighted by Crippen LogP contribution is -2.39. The highest BCUT2D eigenvalue weighted by Crippen LogP contribution is 2.56. The molecule has 2 amide bonds. The molecule has 7 rings (SSSR count). The third kappa shape index (κ3) is 4.22. The second-order valence-electron chi connectivity index (χ2n) is 11.7. The van der Waals surface area contributed by atoms with Crippen molar-refractivity contribution < 1.29 is 29.1 Å². The number of allylic oxidation sites excluding steroid dienone is 6. The van der Waals surface area contributed by atoms with Crippen molar-refractivity contribution in [2.24, 2.45) is 17.8 Å². The lowest BCUT2D eigenvalue weighted by molar-refractivity contribution is -0.123. The smallest absolute Gasteiger partial charge is 0.238 e. The highest BCUT2D eigenvalue weighted by molar-refractivity contribution is 6.30. The van der Waals surface area contributed by atoms with Crippen LogP contribution in [0.1, 0.15) is 47.2 Å². The molecule has 1 aliphatic heterocycles. The Hall–Kier alpha value is -4.88. The molecule has 0 unspecified atom stereocenters. The Kier molecular flexibility index (Phi) is 6.59. The van der Waals surface area contributed by atoms with Gasteiger partial charge in [0.15, 0.2) is 17.3 Å². The zero-order valence-corrected chi connectivity index (χ0v) is 24.4. The van der Waals surface area contributed by atoms with Gasteiger partial charge in [0.05, 0.1) is 17.5 Å². The molecule has 1 heterocycles. The molecule has 1 fully saturated rings. The second kappa shape index (κ2) is 10.4. The number of anilines is 1. The predicted molar refractivity (Wildman–Crippen MR) is 163 cm³/mol. The first-order chi connectivity index (χ1) is 21.2. The summed E-state index contributed by atoms with van der Waals surface area (Å²) in [6.07, 6.45) is 3.60. The SMILES string of the molecule is CC1=CC(=O)C2=C(C1=O)[C@@H](c1cc(Cl)ccc1O)C1=CC[C@@H]3C(=O)N(c4ccc(C(=O)c5ccccc5)cc4)C(=O)[C@@H]3[C@@H]1C2. The van der Waals surface area contributed by atoms with E-state index in [9.17, 15) is 29.1 Å². The quantitative estimate of drug-likeness (QED) is 0.172. The van der Waals surface area contributed by atoms with Gasteiger partial charge in [-0.05, 0) is 74.2 Å². The minimum atomic E-state index is -0.788. The van der Waals surface area contributed by atoms with Crippen molar-refractivity contribution in [1.29, 1.82) is 0 Å². The molecule has 3 aromatic carbocycles. The van der Waals surface area contributed by atoms with E-state index in [4.69, 9.17) is 11.6 Å². The van der Waals surface area contributed by atoms with Gasteiger partial charge in [0.2, 0.25) is 11.8 Å². The van der Waals surface area contributed by atoms with Crippen LogP contribution in [0.15, 0.2) is 107 Å². The Bertz CT molecular complexity index is 1900. The van der Waals surface area contributed by atoms with E-state index in [0.29, 0.717) is 44.1 Å². The van der Waals surface area contributed by atoms with E-state index in [1.165, 1.54) is 23.1 Å². The van der Waals surface area contributed by atoms with Crippen molar-refractivity contribution >= 4 is 46.5 Å². The summed E-state index contributed by atoms with van der Waals surface area (Å²) in [6.45, 7) is 1.59. The number of phenols is 1. The number of fused-ring (bicyclic) bond motifs is 3. The third-order valence-corrected chi connectivity index (χ3v) is 9.52. The molecule has 8 heteroatoms. The van der Waals surface area contributed by atoms with Gasteiger partial charge >= 0.3 is 0 Å². The Morgan fingerprint density at radius 2 is 1.59 bits per heavy atom. The average molecular weight is 604 g/mol. The van der Waals surface area contributed by atoms with Crippen LogP contribution in [0.4, 0.5) is 5.69 Å². The Labute approximate surface area is 258 Å². The molecule has 7 nitrogen and oxygen atoms in total. The molecule has 4 atom stereocenters. The van der Waals surface area contributed by atoms with Gasteiger partial charge in [0, 0.05) is 44.4 Å². The van der Waals surface area contributed by atoms with Gasteiger partial charge in [-0.15, -0.1) is 0 Å². The first kappa shape index (κ1) is 27.9. The third-order valence-electron chi connectivity index (χ3n) is 9.29. The number of aromatic hydroxyl groups is 1. The first-order valence-corrected chi connectivity index (χ1v) is 14.8. The van der Waals surface area contributed by atoms with E-state index >= 15 is 0 Å². The van der Waals surface area contributed by atoms with Crippen LogP contribution in [-0.4, -0.2) is 34.3 Å². The fraction of sp³-hybridized carbons (Fsp3) is 0.194. The van der Waals surface area contributed by atoms with Gasteiger partial charge in [-0.25, -0.2) is 0 Å². The van der Waals surface area contributed by atoms with Gasteiger partial charge in [-0.1, -0.05) is 53.6 Å². The van der Waals surface area contributed by atoms with Crippen LogP contribution in [0, 0.1) is 17.8 Å². The number of hydrogen-bond donors (Lipinski definition) is 1. The van der Waals surface area contributed by atoms with Crippen LogP contribution in [0.3, 0.4) is 0 Å². The Balaban J connectivity index is 1.27. The molecule has 218 valence electrons. The number of phenolic OH excluding ortho intramolecular Hbond substituents is 1. The van der Waals surface area contributed by atoms with Crippen LogP contribution in [0.5, 0.6) is 5.75 Å². The monoisotopic (exact) mass is 603 g/mol. The summed E-state index contributed by atoms with van der Waals surface area (Å²) in [5.41, 5.74) is 3.33.